The van der Waals surface area contributed by atoms with E-state index in [2.05, 4.69) is 9.71 Å². The first-order valence-corrected chi connectivity index (χ1v) is 10.6. The molecule has 1 N–H and O–H groups in total. The van der Waals surface area contributed by atoms with E-state index in [1.54, 1.807) is 36.5 Å². The van der Waals surface area contributed by atoms with E-state index in [0.717, 1.165) is 16.7 Å². The predicted octanol–water partition coefficient (Wildman–Crippen LogP) is 5.43. The predicted molar refractivity (Wildman–Crippen MR) is 114 cm³/mol. The molecule has 4 aromatic rings. The summed E-state index contributed by atoms with van der Waals surface area (Å²) in [7, 11) is -3.68. The van der Waals surface area contributed by atoms with Gasteiger partial charge in [0.25, 0.3) is 10.0 Å². The molecule has 0 fully saturated rings. The summed E-state index contributed by atoms with van der Waals surface area (Å²) in [5.74, 6) is 1.10. The molecule has 0 saturated carbocycles. The van der Waals surface area contributed by atoms with Gasteiger partial charge in [-0.2, -0.15) is 0 Å². The van der Waals surface area contributed by atoms with Crippen LogP contribution in [-0.4, -0.2) is 13.4 Å². The number of anilines is 1. The van der Waals surface area contributed by atoms with Crippen LogP contribution in [0.25, 0.3) is 22.8 Å². The number of hydrogen-bond donors (Lipinski definition) is 1. The highest BCUT2D eigenvalue weighted by atomic mass is 32.2. The molecule has 0 aliphatic rings. The highest BCUT2D eigenvalue weighted by molar-refractivity contribution is 7.92. The summed E-state index contributed by atoms with van der Waals surface area (Å²) in [5, 5.41) is 0. The number of hydrogen-bond acceptors (Lipinski definition) is 4. The zero-order chi connectivity index (χ0) is 20.4. The number of aryl methyl sites for hydroxylation is 2. The largest absolute Gasteiger partial charge is 0.436 e. The van der Waals surface area contributed by atoms with Gasteiger partial charge in [-0.05, 0) is 61.4 Å². The Balaban J connectivity index is 1.56. The van der Waals surface area contributed by atoms with Crippen LogP contribution in [-0.2, 0) is 10.0 Å². The molecule has 0 amide bonds. The Morgan fingerprint density at radius 2 is 1.55 bits per heavy atom. The van der Waals surface area contributed by atoms with E-state index in [0.29, 0.717) is 22.9 Å². The van der Waals surface area contributed by atoms with Crippen LogP contribution in [0.15, 0.2) is 88.3 Å². The van der Waals surface area contributed by atoms with Crippen molar-refractivity contribution in [3.63, 3.8) is 0 Å². The third kappa shape index (κ3) is 4.07. The molecular weight excluding hydrogens is 384 g/mol. The SMILES string of the molecule is Cc1ccc(NS(=O)(=O)c2ccc(-c3ncc(-c4ccccc4)o3)cc2)cc1C. The van der Waals surface area contributed by atoms with Crippen molar-refractivity contribution in [1.29, 1.82) is 0 Å². The van der Waals surface area contributed by atoms with Gasteiger partial charge in [0.2, 0.25) is 5.89 Å². The third-order valence-electron chi connectivity index (χ3n) is 4.73. The van der Waals surface area contributed by atoms with Crippen molar-refractivity contribution < 1.29 is 12.8 Å². The van der Waals surface area contributed by atoms with E-state index in [4.69, 9.17) is 4.42 Å². The van der Waals surface area contributed by atoms with Gasteiger partial charge < -0.3 is 4.42 Å². The summed E-state index contributed by atoms with van der Waals surface area (Å²) in [6, 6.07) is 21.6. The Morgan fingerprint density at radius 1 is 0.828 bits per heavy atom. The van der Waals surface area contributed by atoms with Gasteiger partial charge >= 0.3 is 0 Å². The van der Waals surface area contributed by atoms with Gasteiger partial charge in [-0.15, -0.1) is 0 Å². The van der Waals surface area contributed by atoms with E-state index < -0.39 is 10.0 Å². The van der Waals surface area contributed by atoms with Crippen LogP contribution in [0.4, 0.5) is 5.69 Å². The van der Waals surface area contributed by atoms with Crippen LogP contribution in [0, 0.1) is 13.8 Å². The number of nitrogens with zero attached hydrogens (tertiary/aromatic N) is 1. The Labute approximate surface area is 170 Å². The van der Waals surface area contributed by atoms with Crippen molar-refractivity contribution in [3.8, 4) is 22.8 Å². The molecule has 0 atom stereocenters. The Kier molecular flexibility index (Phi) is 4.94. The molecule has 3 aromatic carbocycles. The molecule has 29 heavy (non-hydrogen) atoms. The number of sulfonamides is 1. The minimum absolute atomic E-state index is 0.175. The highest BCUT2D eigenvalue weighted by Gasteiger charge is 2.16. The maximum atomic E-state index is 12.7. The standard InChI is InChI=1S/C23H20N2O3S/c1-16-8-11-20(14-17(16)2)25-29(26,27)21-12-9-19(10-13-21)23-24-15-22(28-23)18-6-4-3-5-7-18/h3-15,25H,1-2H3. The van der Waals surface area contributed by atoms with Crippen LogP contribution in [0.3, 0.4) is 0 Å². The third-order valence-corrected chi connectivity index (χ3v) is 6.13. The molecule has 0 aliphatic heterocycles. The number of rotatable bonds is 5. The van der Waals surface area contributed by atoms with E-state index in [-0.39, 0.29) is 4.90 Å². The second-order valence-corrected chi connectivity index (χ2v) is 8.51. The number of aromatic nitrogens is 1. The van der Waals surface area contributed by atoms with Crippen LogP contribution >= 0.6 is 0 Å². The normalized spacial score (nSPS) is 11.4. The zero-order valence-corrected chi connectivity index (χ0v) is 16.9. The fourth-order valence-corrected chi connectivity index (χ4v) is 3.99. The Bertz CT molecular complexity index is 1250. The van der Waals surface area contributed by atoms with Gasteiger partial charge in [0.15, 0.2) is 5.76 Å². The lowest BCUT2D eigenvalue weighted by Crippen LogP contribution is -2.13. The topological polar surface area (TPSA) is 72.2 Å². The minimum Gasteiger partial charge on any atom is -0.436 e. The van der Waals surface area contributed by atoms with E-state index >= 15 is 0 Å². The lowest BCUT2D eigenvalue weighted by atomic mass is 10.1. The molecule has 6 heteroatoms. The molecule has 0 bridgehead atoms. The van der Waals surface area contributed by atoms with E-state index in [1.807, 2.05) is 56.3 Å². The highest BCUT2D eigenvalue weighted by Crippen LogP contribution is 2.27. The summed E-state index contributed by atoms with van der Waals surface area (Å²) < 4.78 is 33.8. The molecular formula is C23H20N2O3S. The van der Waals surface area contributed by atoms with E-state index in [1.165, 1.54) is 0 Å². The van der Waals surface area contributed by atoms with Crippen molar-refractivity contribution in [1.82, 2.24) is 4.98 Å². The van der Waals surface area contributed by atoms with Crippen LogP contribution in [0.2, 0.25) is 0 Å². The number of nitrogens with one attached hydrogen (secondary N) is 1. The average molecular weight is 404 g/mol. The minimum atomic E-state index is -3.68. The summed E-state index contributed by atoms with van der Waals surface area (Å²) in [6.07, 6.45) is 1.66. The average Bonchev–Trinajstić information content (AvgIpc) is 3.22. The molecule has 4 rings (SSSR count). The van der Waals surface area contributed by atoms with Crippen LogP contribution < -0.4 is 4.72 Å². The monoisotopic (exact) mass is 404 g/mol. The molecule has 0 radical (unpaired) electrons. The maximum absolute atomic E-state index is 12.7. The Morgan fingerprint density at radius 3 is 2.24 bits per heavy atom. The van der Waals surface area contributed by atoms with Crippen molar-refractivity contribution in [2.24, 2.45) is 0 Å². The first-order chi connectivity index (χ1) is 13.9. The summed E-state index contributed by atoms with van der Waals surface area (Å²) >= 11 is 0. The van der Waals surface area contributed by atoms with Gasteiger partial charge in [0.05, 0.1) is 11.1 Å². The molecule has 146 valence electrons. The van der Waals surface area contributed by atoms with Gasteiger partial charge in [-0.1, -0.05) is 36.4 Å². The second-order valence-electron chi connectivity index (χ2n) is 6.82. The molecule has 0 saturated heterocycles. The quantitative estimate of drug-likeness (QED) is 0.482. The van der Waals surface area contributed by atoms with Gasteiger partial charge in [-0.25, -0.2) is 13.4 Å². The molecule has 0 spiro atoms. The first-order valence-electron chi connectivity index (χ1n) is 9.14. The van der Waals surface area contributed by atoms with Crippen LogP contribution in [0.5, 0.6) is 0 Å². The second kappa shape index (κ2) is 7.56. The Hall–Kier alpha value is -3.38. The maximum Gasteiger partial charge on any atom is 0.261 e. The first kappa shape index (κ1) is 19.0. The lowest BCUT2D eigenvalue weighted by molar-refractivity contribution is 0.588. The van der Waals surface area contributed by atoms with E-state index in [9.17, 15) is 8.42 Å². The molecule has 5 nitrogen and oxygen atoms in total. The molecule has 1 aromatic heterocycles. The summed E-state index contributed by atoms with van der Waals surface area (Å²) in [6.45, 7) is 3.93. The fourth-order valence-electron chi connectivity index (χ4n) is 2.94. The lowest BCUT2D eigenvalue weighted by Gasteiger charge is -2.10. The van der Waals surface area contributed by atoms with Crippen molar-refractivity contribution in [3.05, 3.63) is 90.1 Å². The van der Waals surface area contributed by atoms with Gasteiger partial charge in [-0.3, -0.25) is 4.72 Å². The molecule has 1 heterocycles. The molecule has 0 unspecified atom stereocenters. The summed E-state index contributed by atoms with van der Waals surface area (Å²) in [4.78, 5) is 4.48. The molecule has 0 aliphatic carbocycles. The zero-order valence-electron chi connectivity index (χ0n) is 16.1. The van der Waals surface area contributed by atoms with Crippen LogP contribution in [0.1, 0.15) is 11.1 Å². The number of benzene rings is 3. The smallest absolute Gasteiger partial charge is 0.261 e. The fraction of sp³-hybridized carbons (Fsp3) is 0.0870. The van der Waals surface area contributed by atoms with Gasteiger partial charge in [0.1, 0.15) is 0 Å². The van der Waals surface area contributed by atoms with Crippen molar-refractivity contribution in [2.45, 2.75) is 18.7 Å². The van der Waals surface area contributed by atoms with Crippen molar-refractivity contribution in [2.75, 3.05) is 4.72 Å². The van der Waals surface area contributed by atoms with Gasteiger partial charge in [0, 0.05) is 16.8 Å². The number of oxazole rings is 1. The van der Waals surface area contributed by atoms with Crippen molar-refractivity contribution >= 4 is 15.7 Å². The summed E-state index contributed by atoms with van der Waals surface area (Å²) in [5.41, 5.74) is 4.31.